The topological polar surface area (TPSA) is 52.6 Å². The number of benzene rings is 3. The predicted molar refractivity (Wildman–Crippen MR) is 118 cm³/mol. The van der Waals surface area contributed by atoms with Gasteiger partial charge in [-0.3, -0.25) is 0 Å². The summed E-state index contributed by atoms with van der Waals surface area (Å²) in [6.45, 7) is 1.90. The maximum atomic E-state index is 12.8. The Labute approximate surface area is 173 Å². The summed E-state index contributed by atoms with van der Waals surface area (Å²) in [5, 5.41) is 0. The molecule has 6 heteroatoms. The van der Waals surface area contributed by atoms with E-state index >= 15 is 0 Å². The average molecular weight is 506 g/mol. The van der Waals surface area contributed by atoms with Gasteiger partial charge in [0.15, 0.2) is 0 Å². The van der Waals surface area contributed by atoms with Crippen LogP contribution in [0.5, 0.6) is 5.75 Å². The molecule has 0 aliphatic rings. The van der Waals surface area contributed by atoms with Crippen LogP contribution in [-0.4, -0.2) is 15.5 Å². The second kappa shape index (κ2) is 9.24. The number of aryl methyl sites for hydroxylation is 1. The van der Waals surface area contributed by atoms with Crippen molar-refractivity contribution in [1.82, 2.24) is 0 Å². The second-order valence-corrected chi connectivity index (χ2v) is 11.6. The fourth-order valence-corrected chi connectivity index (χ4v) is 7.92. The van der Waals surface area contributed by atoms with Crippen molar-refractivity contribution in [3.8, 4) is 15.6 Å². The van der Waals surface area contributed by atoms with Crippen molar-refractivity contribution in [2.75, 3.05) is 7.11 Å². The van der Waals surface area contributed by atoms with Gasteiger partial charge in [0, 0.05) is 0 Å². The molecule has 0 saturated carbocycles. The molecule has 0 bridgehead atoms. The molecule has 3 aromatic carbocycles. The van der Waals surface area contributed by atoms with Crippen LogP contribution in [0.15, 0.2) is 83.8 Å². The van der Waals surface area contributed by atoms with Crippen molar-refractivity contribution >= 4 is 30.4 Å². The fraction of sp³-hybridized carbons (Fsp3) is 0.0909. The Kier molecular flexibility index (Phi) is 6.73. The van der Waals surface area contributed by atoms with Crippen molar-refractivity contribution < 1.29 is 15.7 Å². The number of halogens is 1. The molecular formula is C22H19IO4S. The van der Waals surface area contributed by atoms with Crippen LogP contribution in [0.25, 0.3) is 0 Å². The Bertz CT molecular complexity index is 1080. The molecule has 0 spiro atoms. The quantitative estimate of drug-likeness (QED) is 0.361. The van der Waals surface area contributed by atoms with Gasteiger partial charge in [0.2, 0.25) is 0 Å². The third-order valence-electron chi connectivity index (χ3n) is 3.75. The third kappa shape index (κ3) is 5.35. The van der Waals surface area contributed by atoms with Crippen LogP contribution >= 0.6 is 20.2 Å². The van der Waals surface area contributed by atoms with E-state index < -0.39 is 30.4 Å². The number of ether oxygens (including phenoxy) is 1. The molecule has 0 fully saturated rings. The van der Waals surface area contributed by atoms with Gasteiger partial charge in [0.25, 0.3) is 0 Å². The number of hydrogen-bond acceptors (Lipinski definition) is 4. The fourth-order valence-electron chi connectivity index (χ4n) is 2.23. The summed E-state index contributed by atoms with van der Waals surface area (Å²) in [5.74, 6) is 3.79. The van der Waals surface area contributed by atoms with Gasteiger partial charge in [-0.25, -0.2) is 0 Å². The van der Waals surface area contributed by atoms with Gasteiger partial charge >= 0.3 is 174 Å². The van der Waals surface area contributed by atoms with Crippen molar-refractivity contribution in [1.29, 1.82) is 0 Å². The first-order valence-electron chi connectivity index (χ1n) is 8.40. The molecule has 28 heavy (non-hydrogen) atoms. The summed E-state index contributed by atoms with van der Waals surface area (Å²) in [7, 11) is -2.29. The van der Waals surface area contributed by atoms with Crippen LogP contribution in [0, 0.1) is 20.3 Å². The van der Waals surface area contributed by atoms with E-state index in [9.17, 15) is 8.42 Å². The maximum absolute atomic E-state index is 12.8. The van der Waals surface area contributed by atoms with E-state index in [1.54, 1.807) is 31.4 Å². The first kappa shape index (κ1) is 20.4. The Morgan fingerprint density at radius 3 is 2.11 bits per heavy atom. The van der Waals surface area contributed by atoms with Gasteiger partial charge in [-0.2, -0.15) is 0 Å². The van der Waals surface area contributed by atoms with Gasteiger partial charge in [0.05, 0.1) is 0 Å². The minimum atomic E-state index is -3.89. The van der Waals surface area contributed by atoms with E-state index in [0.717, 1.165) is 20.4 Å². The van der Waals surface area contributed by atoms with Gasteiger partial charge in [-0.15, -0.1) is 0 Å². The van der Waals surface area contributed by atoms with Crippen LogP contribution < -0.4 is 4.74 Å². The molecule has 0 amide bonds. The molecule has 0 N–H and O–H groups in total. The zero-order chi connectivity index (χ0) is 20.0. The molecule has 0 unspecified atom stereocenters. The van der Waals surface area contributed by atoms with Crippen molar-refractivity contribution in [2.45, 2.75) is 11.8 Å². The van der Waals surface area contributed by atoms with E-state index in [1.165, 1.54) is 0 Å². The molecule has 0 aliphatic heterocycles. The van der Waals surface area contributed by atoms with Crippen LogP contribution in [0.4, 0.5) is 0 Å². The molecule has 3 aromatic rings. The standard InChI is InChI=1S/C22H19IO4S/c1-18-8-14-22(15-9-18)28(24,25)27-23(20-6-4-3-5-7-20)17-16-19-10-12-21(26-2)13-11-19/h3-15H,1-2H3. The molecular weight excluding hydrogens is 487 g/mol. The molecule has 144 valence electrons. The van der Waals surface area contributed by atoms with E-state index in [0.29, 0.717) is 0 Å². The van der Waals surface area contributed by atoms with Crippen LogP contribution in [0.3, 0.4) is 0 Å². The van der Waals surface area contributed by atoms with Gasteiger partial charge < -0.3 is 0 Å². The van der Waals surface area contributed by atoms with Gasteiger partial charge in [-0.1, -0.05) is 0 Å². The molecule has 0 saturated heterocycles. The van der Waals surface area contributed by atoms with E-state index in [1.807, 2.05) is 61.5 Å². The normalized spacial score (nSPS) is 11.3. The van der Waals surface area contributed by atoms with E-state index in [-0.39, 0.29) is 4.90 Å². The van der Waals surface area contributed by atoms with Crippen molar-refractivity contribution in [3.05, 3.63) is 93.6 Å². The molecule has 0 radical (unpaired) electrons. The number of hydrogen-bond donors (Lipinski definition) is 0. The molecule has 0 aromatic heterocycles. The van der Waals surface area contributed by atoms with Crippen molar-refractivity contribution in [3.63, 3.8) is 0 Å². The Hall–Kier alpha value is -2.34. The van der Waals surface area contributed by atoms with Crippen LogP contribution in [0.1, 0.15) is 11.1 Å². The molecule has 0 aliphatic carbocycles. The summed E-state index contributed by atoms with van der Waals surface area (Å²) in [5.41, 5.74) is 1.76. The zero-order valence-corrected chi connectivity index (χ0v) is 18.4. The monoisotopic (exact) mass is 506 g/mol. The Balaban J connectivity index is 1.92. The van der Waals surface area contributed by atoms with Gasteiger partial charge in [-0.05, 0) is 0 Å². The third-order valence-corrected chi connectivity index (χ3v) is 10.0. The van der Waals surface area contributed by atoms with Gasteiger partial charge in [0.1, 0.15) is 0 Å². The average Bonchev–Trinajstić information content (AvgIpc) is 2.72. The zero-order valence-electron chi connectivity index (χ0n) is 15.4. The Morgan fingerprint density at radius 1 is 0.857 bits per heavy atom. The molecule has 3 rings (SSSR count). The van der Waals surface area contributed by atoms with Crippen molar-refractivity contribution in [2.24, 2.45) is 0 Å². The minimum absolute atomic E-state index is 0.141. The number of rotatable bonds is 5. The summed E-state index contributed by atoms with van der Waals surface area (Å²) in [6, 6.07) is 23.2. The van der Waals surface area contributed by atoms with Crippen LogP contribution in [0.2, 0.25) is 0 Å². The number of methoxy groups -OCH3 is 1. The summed E-state index contributed by atoms with van der Waals surface area (Å²) in [6.07, 6.45) is 0. The van der Waals surface area contributed by atoms with Crippen LogP contribution in [-0.2, 0) is 12.6 Å². The SMILES string of the molecule is COc1ccc(C#CI(OS(=O)(=O)c2ccc(C)cc2)c2ccccc2)cc1. The first-order chi connectivity index (χ1) is 13.5. The molecule has 4 nitrogen and oxygen atoms in total. The molecule has 0 heterocycles. The summed E-state index contributed by atoms with van der Waals surface area (Å²) < 4.78 is 40.2. The summed E-state index contributed by atoms with van der Waals surface area (Å²) in [4.78, 5) is 0.141. The summed E-state index contributed by atoms with van der Waals surface area (Å²) >= 11 is -2.78. The van der Waals surface area contributed by atoms with E-state index in [4.69, 9.17) is 7.25 Å². The molecule has 0 atom stereocenters. The second-order valence-electron chi connectivity index (χ2n) is 5.82. The van der Waals surface area contributed by atoms with E-state index in [2.05, 4.69) is 9.85 Å². The first-order valence-corrected chi connectivity index (χ1v) is 12.8. The predicted octanol–water partition coefficient (Wildman–Crippen LogP) is 5.01. The Morgan fingerprint density at radius 2 is 1.50 bits per heavy atom.